The van der Waals surface area contributed by atoms with Crippen LogP contribution in [0.2, 0.25) is 0 Å². The van der Waals surface area contributed by atoms with Crippen LogP contribution in [0.25, 0.3) is 0 Å². The monoisotopic (exact) mass is 180 g/mol. The number of nitrogens with zero attached hydrogens (tertiary/aromatic N) is 4. The Balaban J connectivity index is 1.96. The van der Waals surface area contributed by atoms with Crippen LogP contribution in [0.5, 0.6) is 0 Å². The van der Waals surface area contributed by atoms with E-state index in [-0.39, 0.29) is 0 Å². The van der Waals surface area contributed by atoms with E-state index in [1.807, 2.05) is 0 Å². The molecule has 13 heavy (non-hydrogen) atoms. The first kappa shape index (κ1) is 8.37. The van der Waals surface area contributed by atoms with Crippen LogP contribution in [0.1, 0.15) is 12.2 Å². The van der Waals surface area contributed by atoms with E-state index in [0.717, 1.165) is 38.3 Å². The lowest BCUT2D eigenvalue weighted by molar-refractivity contribution is -0.108. The molecular formula is C8H12N4O. The molecule has 1 aromatic heterocycles. The summed E-state index contributed by atoms with van der Waals surface area (Å²) in [7, 11) is 0. The van der Waals surface area contributed by atoms with E-state index in [1.165, 1.54) is 0 Å². The van der Waals surface area contributed by atoms with Gasteiger partial charge in [0.2, 0.25) is 0 Å². The minimum absolute atomic E-state index is 0.605. The van der Waals surface area contributed by atoms with Gasteiger partial charge in [-0.1, -0.05) is 0 Å². The molecule has 0 bridgehead atoms. The highest BCUT2D eigenvalue weighted by Crippen LogP contribution is 2.08. The molecule has 2 rings (SSSR count). The molecule has 0 fully saturated rings. The van der Waals surface area contributed by atoms with Gasteiger partial charge in [-0.3, -0.25) is 4.90 Å². The first-order valence-corrected chi connectivity index (χ1v) is 4.43. The van der Waals surface area contributed by atoms with Crippen LogP contribution in [-0.4, -0.2) is 39.0 Å². The first-order valence-electron chi connectivity index (χ1n) is 4.43. The SMILES string of the molecule is O=CCCN1CCn2cnnc2C1. The minimum atomic E-state index is 0.605. The number of hydrogen-bond donors (Lipinski definition) is 0. The highest BCUT2D eigenvalue weighted by atomic mass is 16.1. The lowest BCUT2D eigenvalue weighted by Gasteiger charge is -2.25. The second-order valence-corrected chi connectivity index (χ2v) is 3.17. The summed E-state index contributed by atoms with van der Waals surface area (Å²) in [6.45, 7) is 3.56. The molecule has 0 amide bonds. The Hall–Kier alpha value is -1.23. The normalized spacial score (nSPS) is 16.9. The Labute approximate surface area is 76.4 Å². The van der Waals surface area contributed by atoms with Crippen LogP contribution in [-0.2, 0) is 17.9 Å². The number of aromatic nitrogens is 3. The van der Waals surface area contributed by atoms with Crippen LogP contribution >= 0.6 is 0 Å². The molecule has 0 saturated carbocycles. The molecule has 70 valence electrons. The van der Waals surface area contributed by atoms with Gasteiger partial charge in [-0.2, -0.15) is 0 Å². The zero-order valence-electron chi connectivity index (χ0n) is 7.39. The fourth-order valence-corrected chi connectivity index (χ4v) is 1.54. The van der Waals surface area contributed by atoms with Crippen molar-refractivity contribution in [1.82, 2.24) is 19.7 Å². The van der Waals surface area contributed by atoms with Crippen molar-refractivity contribution in [3.05, 3.63) is 12.2 Å². The Kier molecular flexibility index (Phi) is 2.35. The van der Waals surface area contributed by atoms with E-state index in [4.69, 9.17) is 0 Å². The Morgan fingerprint density at radius 3 is 3.31 bits per heavy atom. The van der Waals surface area contributed by atoms with Gasteiger partial charge in [0.05, 0.1) is 6.54 Å². The number of aldehydes is 1. The number of carbonyl (C=O) groups excluding carboxylic acids is 1. The summed E-state index contributed by atoms with van der Waals surface area (Å²) < 4.78 is 2.05. The van der Waals surface area contributed by atoms with Gasteiger partial charge < -0.3 is 9.36 Å². The van der Waals surface area contributed by atoms with E-state index >= 15 is 0 Å². The summed E-state index contributed by atoms with van der Waals surface area (Å²) in [6, 6.07) is 0. The molecule has 2 heterocycles. The molecular weight excluding hydrogens is 168 g/mol. The van der Waals surface area contributed by atoms with E-state index in [0.29, 0.717) is 6.42 Å². The molecule has 0 aliphatic carbocycles. The highest BCUT2D eigenvalue weighted by Gasteiger charge is 2.16. The second-order valence-electron chi connectivity index (χ2n) is 3.17. The van der Waals surface area contributed by atoms with Gasteiger partial charge >= 0.3 is 0 Å². The van der Waals surface area contributed by atoms with E-state index in [1.54, 1.807) is 6.33 Å². The predicted octanol–water partition coefficient (Wildman–Crippen LogP) is -0.317. The van der Waals surface area contributed by atoms with Gasteiger partial charge in [-0.05, 0) is 0 Å². The summed E-state index contributed by atoms with van der Waals surface area (Å²) in [6.07, 6.45) is 3.32. The third-order valence-corrected chi connectivity index (χ3v) is 2.28. The smallest absolute Gasteiger partial charge is 0.147 e. The second kappa shape index (κ2) is 3.66. The maximum atomic E-state index is 10.2. The maximum absolute atomic E-state index is 10.2. The number of carbonyl (C=O) groups is 1. The lowest BCUT2D eigenvalue weighted by atomic mass is 10.3. The van der Waals surface area contributed by atoms with Gasteiger partial charge in [0.25, 0.3) is 0 Å². The number of hydrogen-bond acceptors (Lipinski definition) is 4. The standard InChI is InChI=1S/C8H12N4O/c13-5-1-2-11-3-4-12-7-9-10-8(12)6-11/h5,7H,1-4,6H2. The molecule has 0 spiro atoms. The predicted molar refractivity (Wildman–Crippen MR) is 46.0 cm³/mol. The molecule has 0 aromatic carbocycles. The third kappa shape index (κ3) is 1.75. The summed E-state index contributed by atoms with van der Waals surface area (Å²) in [5, 5.41) is 7.83. The Bertz CT molecular complexity index is 296. The van der Waals surface area contributed by atoms with Crippen LogP contribution < -0.4 is 0 Å². The van der Waals surface area contributed by atoms with Crippen molar-refractivity contribution in [1.29, 1.82) is 0 Å². The van der Waals surface area contributed by atoms with Crippen LogP contribution in [0.4, 0.5) is 0 Å². The quantitative estimate of drug-likeness (QED) is 0.598. The largest absolute Gasteiger partial charge is 0.315 e. The van der Waals surface area contributed by atoms with Crippen LogP contribution in [0.15, 0.2) is 6.33 Å². The zero-order valence-corrected chi connectivity index (χ0v) is 7.39. The molecule has 5 nitrogen and oxygen atoms in total. The molecule has 0 radical (unpaired) electrons. The average Bonchev–Trinajstić information content (AvgIpc) is 2.61. The highest BCUT2D eigenvalue weighted by molar-refractivity contribution is 5.49. The molecule has 0 atom stereocenters. The minimum Gasteiger partial charge on any atom is -0.315 e. The van der Waals surface area contributed by atoms with E-state index in [2.05, 4.69) is 19.7 Å². The number of rotatable bonds is 3. The summed E-state index contributed by atoms with van der Waals surface area (Å²) in [5.41, 5.74) is 0. The van der Waals surface area contributed by atoms with Crippen molar-refractivity contribution < 1.29 is 4.79 Å². The lowest BCUT2D eigenvalue weighted by Crippen LogP contribution is -2.34. The van der Waals surface area contributed by atoms with Gasteiger partial charge in [-0.15, -0.1) is 10.2 Å². The van der Waals surface area contributed by atoms with Crippen molar-refractivity contribution >= 4 is 6.29 Å². The average molecular weight is 180 g/mol. The van der Waals surface area contributed by atoms with Crippen molar-refractivity contribution in [3.63, 3.8) is 0 Å². The molecule has 5 heteroatoms. The Morgan fingerprint density at radius 2 is 2.46 bits per heavy atom. The third-order valence-electron chi connectivity index (χ3n) is 2.28. The van der Waals surface area contributed by atoms with Crippen molar-refractivity contribution in [2.45, 2.75) is 19.5 Å². The van der Waals surface area contributed by atoms with Gasteiger partial charge in [0.1, 0.15) is 18.4 Å². The topological polar surface area (TPSA) is 51.0 Å². The fraction of sp³-hybridized carbons (Fsp3) is 0.625. The Morgan fingerprint density at radius 1 is 1.54 bits per heavy atom. The first-order chi connectivity index (χ1) is 6.40. The molecule has 0 unspecified atom stereocenters. The summed E-state index contributed by atoms with van der Waals surface area (Å²) in [4.78, 5) is 12.4. The van der Waals surface area contributed by atoms with Crippen molar-refractivity contribution in [3.8, 4) is 0 Å². The molecule has 0 saturated heterocycles. The fourth-order valence-electron chi connectivity index (χ4n) is 1.54. The number of fused-ring (bicyclic) bond motifs is 1. The van der Waals surface area contributed by atoms with Crippen LogP contribution in [0.3, 0.4) is 0 Å². The van der Waals surface area contributed by atoms with Crippen molar-refractivity contribution in [2.75, 3.05) is 13.1 Å². The van der Waals surface area contributed by atoms with E-state index < -0.39 is 0 Å². The van der Waals surface area contributed by atoms with Crippen LogP contribution in [0, 0.1) is 0 Å². The summed E-state index contributed by atoms with van der Waals surface area (Å²) in [5.74, 6) is 0.997. The zero-order chi connectivity index (χ0) is 9.10. The van der Waals surface area contributed by atoms with Gasteiger partial charge in [0, 0.05) is 26.1 Å². The molecule has 0 N–H and O–H groups in total. The maximum Gasteiger partial charge on any atom is 0.147 e. The molecule has 1 aromatic rings. The van der Waals surface area contributed by atoms with E-state index in [9.17, 15) is 4.79 Å². The molecule has 1 aliphatic rings. The van der Waals surface area contributed by atoms with Gasteiger partial charge in [0.15, 0.2) is 0 Å². The molecule has 1 aliphatic heterocycles. The van der Waals surface area contributed by atoms with Crippen molar-refractivity contribution in [2.24, 2.45) is 0 Å². The van der Waals surface area contributed by atoms with Gasteiger partial charge in [-0.25, -0.2) is 0 Å². The summed E-state index contributed by atoms with van der Waals surface area (Å²) >= 11 is 0.